The molecule has 0 N–H and O–H groups in total. The van der Waals surface area contributed by atoms with Gasteiger partial charge in [0.25, 0.3) is 11.8 Å². The van der Waals surface area contributed by atoms with Crippen LogP contribution in [0.4, 0.5) is 11.4 Å². The molecule has 2 aromatic carbocycles. The summed E-state index contributed by atoms with van der Waals surface area (Å²) >= 11 is 7.49. The summed E-state index contributed by atoms with van der Waals surface area (Å²) in [6, 6.07) is 12.4. The molecule has 4 nitrogen and oxygen atoms in total. The van der Waals surface area contributed by atoms with Gasteiger partial charge in [0.2, 0.25) is 0 Å². The van der Waals surface area contributed by atoms with Crippen molar-refractivity contribution in [2.45, 2.75) is 207 Å². The second kappa shape index (κ2) is 27.8. The molecule has 0 radical (unpaired) electrons. The molecule has 58 heavy (non-hydrogen) atoms. The average Bonchev–Trinajstić information content (AvgIpc) is 3.63. The van der Waals surface area contributed by atoms with Crippen LogP contribution in [0.5, 0.6) is 0 Å². The Morgan fingerprint density at radius 1 is 0.414 bits per heavy atom. The molecule has 4 rings (SSSR count). The first-order chi connectivity index (χ1) is 28.3. The van der Waals surface area contributed by atoms with Crippen molar-refractivity contribution in [3.05, 3.63) is 56.5 Å². The fraction of sp³-hybridized carbons (Fsp3) is 0.692. The summed E-state index contributed by atoms with van der Waals surface area (Å²) in [6.45, 7) is 10.5. The van der Waals surface area contributed by atoms with E-state index >= 15 is 0 Å². The zero-order valence-electron chi connectivity index (χ0n) is 37.3. The Kier molecular flexibility index (Phi) is 23.4. The standard InChI is InChI=1S/C52H80Br2N2O2/c1-5-9-13-17-19-21-23-27-31-41(29-25-15-11-7-3)39-55-47-37-43(53)33-35-45(47)49(51(55)57)50-46-36-34-44(54)38-48(46)56(52(50)58)40-42(30-26-16-12-8-4)32-28-24-22-20-18-14-10-6-2/h33-38,41-42H,5-32,39-40H2,1-4H3/b50-49-. The molecule has 324 valence electrons. The van der Waals surface area contributed by atoms with Crippen LogP contribution < -0.4 is 9.80 Å². The summed E-state index contributed by atoms with van der Waals surface area (Å²) in [4.78, 5) is 34.1. The van der Waals surface area contributed by atoms with Crippen molar-refractivity contribution in [2.24, 2.45) is 11.8 Å². The van der Waals surface area contributed by atoms with Gasteiger partial charge in [-0.25, -0.2) is 0 Å². The Balaban J connectivity index is 1.58. The summed E-state index contributed by atoms with van der Waals surface area (Å²) in [5.41, 5.74) is 4.89. The molecule has 2 aromatic rings. The number of halogens is 2. The highest BCUT2D eigenvalue weighted by molar-refractivity contribution is 9.10. The summed E-state index contributed by atoms with van der Waals surface area (Å²) in [7, 11) is 0. The van der Waals surface area contributed by atoms with Gasteiger partial charge in [0, 0.05) is 33.2 Å². The van der Waals surface area contributed by atoms with Crippen molar-refractivity contribution in [1.29, 1.82) is 0 Å². The minimum Gasteiger partial charge on any atom is -0.307 e. The van der Waals surface area contributed by atoms with Crippen LogP contribution in [-0.2, 0) is 9.59 Å². The Morgan fingerprint density at radius 2 is 0.690 bits per heavy atom. The van der Waals surface area contributed by atoms with Crippen molar-refractivity contribution in [1.82, 2.24) is 0 Å². The molecule has 2 atom stereocenters. The molecule has 2 aliphatic heterocycles. The van der Waals surface area contributed by atoms with Gasteiger partial charge in [0.1, 0.15) is 0 Å². The molecular weight excluding hydrogens is 844 g/mol. The van der Waals surface area contributed by atoms with E-state index in [2.05, 4.69) is 83.8 Å². The normalized spacial score (nSPS) is 16.1. The molecule has 2 unspecified atom stereocenters. The maximum Gasteiger partial charge on any atom is 0.259 e. The van der Waals surface area contributed by atoms with Gasteiger partial charge < -0.3 is 9.80 Å². The number of nitrogens with zero attached hydrogens (tertiary/aromatic N) is 2. The predicted molar refractivity (Wildman–Crippen MR) is 259 cm³/mol. The van der Waals surface area contributed by atoms with Crippen LogP contribution in [0.2, 0.25) is 0 Å². The number of amides is 2. The number of carbonyl (C=O) groups is 2. The summed E-state index contributed by atoms with van der Waals surface area (Å²) in [6.07, 6.45) is 35.6. The van der Waals surface area contributed by atoms with E-state index in [1.807, 2.05) is 21.9 Å². The fourth-order valence-corrected chi connectivity index (χ4v) is 10.2. The van der Waals surface area contributed by atoms with Gasteiger partial charge in [-0.3, -0.25) is 9.59 Å². The average molecular weight is 925 g/mol. The van der Waals surface area contributed by atoms with Crippen molar-refractivity contribution in [2.75, 3.05) is 22.9 Å². The van der Waals surface area contributed by atoms with Gasteiger partial charge in [-0.15, -0.1) is 0 Å². The van der Waals surface area contributed by atoms with Crippen molar-refractivity contribution < 1.29 is 9.59 Å². The van der Waals surface area contributed by atoms with E-state index < -0.39 is 0 Å². The smallest absolute Gasteiger partial charge is 0.259 e. The lowest BCUT2D eigenvalue weighted by Crippen LogP contribution is -2.34. The van der Waals surface area contributed by atoms with Crippen molar-refractivity contribution >= 4 is 66.2 Å². The fourth-order valence-electron chi connectivity index (χ4n) is 9.47. The van der Waals surface area contributed by atoms with E-state index in [-0.39, 0.29) is 11.8 Å². The second-order valence-corrected chi connectivity index (χ2v) is 19.7. The highest BCUT2D eigenvalue weighted by Gasteiger charge is 2.43. The first-order valence-corrected chi connectivity index (χ1v) is 25.9. The molecule has 0 spiro atoms. The first kappa shape index (κ1) is 48.7. The first-order valence-electron chi connectivity index (χ1n) is 24.3. The van der Waals surface area contributed by atoms with Crippen LogP contribution >= 0.6 is 31.9 Å². The third-order valence-electron chi connectivity index (χ3n) is 13.0. The minimum atomic E-state index is -0.00305. The van der Waals surface area contributed by atoms with Crippen molar-refractivity contribution in [3.63, 3.8) is 0 Å². The predicted octanol–water partition coefficient (Wildman–Crippen LogP) is 17.1. The number of rotatable bonds is 32. The third-order valence-corrected chi connectivity index (χ3v) is 13.9. The maximum atomic E-state index is 15.0. The molecule has 2 amide bonds. The molecular formula is C52H80Br2N2O2. The highest BCUT2D eigenvalue weighted by Crippen LogP contribution is 2.48. The van der Waals surface area contributed by atoms with Crippen LogP contribution in [0.3, 0.4) is 0 Å². The minimum absolute atomic E-state index is 0.00305. The van der Waals surface area contributed by atoms with Crippen molar-refractivity contribution in [3.8, 4) is 0 Å². The van der Waals surface area contributed by atoms with E-state index in [0.717, 1.165) is 57.1 Å². The zero-order valence-corrected chi connectivity index (χ0v) is 40.5. The summed E-state index contributed by atoms with van der Waals surface area (Å²) in [5.74, 6) is 0.884. The number of hydrogen-bond donors (Lipinski definition) is 0. The molecule has 2 aliphatic rings. The Bertz CT molecular complexity index is 1440. The van der Waals surface area contributed by atoms with Crippen LogP contribution in [0.1, 0.15) is 219 Å². The lowest BCUT2D eigenvalue weighted by atomic mass is 9.93. The van der Waals surface area contributed by atoms with E-state index in [1.54, 1.807) is 0 Å². The van der Waals surface area contributed by atoms with Gasteiger partial charge in [0.15, 0.2) is 0 Å². The molecule has 0 bridgehead atoms. The number of fused-ring (bicyclic) bond motifs is 2. The molecule has 0 fully saturated rings. The SMILES string of the molecule is CCCCCCCCCCC(CCCCCC)CN1C(=O)/C(=C2\C(=O)N(CC(CCCCCC)CCCCCCCCCC)c3cc(Br)ccc32)c2ccc(Br)cc21. The number of benzene rings is 2. The summed E-state index contributed by atoms with van der Waals surface area (Å²) in [5, 5.41) is 0. The van der Waals surface area contributed by atoms with Gasteiger partial charge in [-0.2, -0.15) is 0 Å². The van der Waals surface area contributed by atoms with E-state index in [9.17, 15) is 9.59 Å². The third kappa shape index (κ3) is 15.2. The van der Waals surface area contributed by atoms with Gasteiger partial charge in [0.05, 0.1) is 22.5 Å². The van der Waals surface area contributed by atoms with E-state index in [1.165, 1.54) is 154 Å². The lowest BCUT2D eigenvalue weighted by molar-refractivity contribution is -0.114. The Morgan fingerprint density at radius 3 is 1.00 bits per heavy atom. The molecule has 0 saturated heterocycles. The van der Waals surface area contributed by atoms with Crippen LogP contribution in [0.25, 0.3) is 11.1 Å². The van der Waals surface area contributed by atoms with Crippen LogP contribution in [-0.4, -0.2) is 24.9 Å². The molecule has 2 heterocycles. The maximum absolute atomic E-state index is 15.0. The highest BCUT2D eigenvalue weighted by atomic mass is 79.9. The summed E-state index contributed by atoms with van der Waals surface area (Å²) < 4.78 is 1.93. The zero-order chi connectivity index (χ0) is 41.5. The largest absolute Gasteiger partial charge is 0.307 e. The number of hydrogen-bond acceptors (Lipinski definition) is 2. The second-order valence-electron chi connectivity index (χ2n) is 17.9. The molecule has 6 heteroatoms. The van der Waals surface area contributed by atoms with E-state index in [4.69, 9.17) is 0 Å². The molecule has 0 saturated carbocycles. The molecule has 0 aliphatic carbocycles. The van der Waals surface area contributed by atoms with Gasteiger partial charge in [-0.1, -0.05) is 226 Å². The topological polar surface area (TPSA) is 40.6 Å². The van der Waals surface area contributed by atoms with Crippen LogP contribution in [0.15, 0.2) is 45.3 Å². The Hall–Kier alpha value is -1.92. The van der Waals surface area contributed by atoms with Crippen LogP contribution in [0, 0.1) is 11.8 Å². The van der Waals surface area contributed by atoms with E-state index in [0.29, 0.717) is 36.1 Å². The molecule has 0 aromatic heterocycles. The quantitative estimate of drug-likeness (QED) is 0.0542. The lowest BCUT2D eigenvalue weighted by Gasteiger charge is -2.25. The number of unbranched alkanes of at least 4 members (excludes halogenated alkanes) is 20. The van der Waals surface area contributed by atoms with Gasteiger partial charge in [-0.05, 0) is 61.8 Å². The number of anilines is 2. The monoisotopic (exact) mass is 922 g/mol. The Labute approximate surface area is 372 Å². The number of carbonyl (C=O) groups excluding carboxylic acids is 2. The van der Waals surface area contributed by atoms with Gasteiger partial charge >= 0.3 is 0 Å².